The average molecular weight is 208 g/mol. The Balaban J connectivity index is 2.14. The van der Waals surface area contributed by atoms with Gasteiger partial charge in [0.05, 0.1) is 0 Å². The van der Waals surface area contributed by atoms with Crippen LogP contribution in [-0.2, 0) is 0 Å². The molecule has 0 amide bonds. The average Bonchev–Trinajstić information content (AvgIpc) is 2.36. The van der Waals surface area contributed by atoms with Gasteiger partial charge in [-0.25, -0.2) is 0 Å². The minimum absolute atomic E-state index is 0.629. The van der Waals surface area contributed by atoms with Gasteiger partial charge in [-0.1, -0.05) is 34.6 Å². The van der Waals surface area contributed by atoms with Gasteiger partial charge in [0, 0.05) is 0 Å². The summed E-state index contributed by atoms with van der Waals surface area (Å²) in [5.41, 5.74) is 0.629. The predicted octanol–water partition coefficient (Wildman–Crippen LogP) is 4.74. The van der Waals surface area contributed by atoms with Crippen molar-refractivity contribution < 1.29 is 0 Å². The highest BCUT2D eigenvalue weighted by Gasteiger charge is 2.44. The molecule has 2 rings (SSSR count). The second kappa shape index (κ2) is 3.79. The van der Waals surface area contributed by atoms with Crippen LogP contribution in [0, 0.1) is 35.0 Å². The molecule has 2 aliphatic rings. The van der Waals surface area contributed by atoms with E-state index in [0.717, 1.165) is 29.6 Å². The topological polar surface area (TPSA) is 0 Å². The molecule has 2 fully saturated rings. The highest BCUT2D eigenvalue weighted by Crippen LogP contribution is 2.53. The van der Waals surface area contributed by atoms with E-state index >= 15 is 0 Å². The minimum atomic E-state index is 0.629. The van der Waals surface area contributed by atoms with Crippen LogP contribution in [-0.4, -0.2) is 0 Å². The van der Waals surface area contributed by atoms with E-state index in [2.05, 4.69) is 34.6 Å². The van der Waals surface area contributed by atoms with Crippen molar-refractivity contribution in [2.24, 2.45) is 35.0 Å². The van der Waals surface area contributed by atoms with Crippen LogP contribution in [0.5, 0.6) is 0 Å². The van der Waals surface area contributed by atoms with Gasteiger partial charge in [0.1, 0.15) is 0 Å². The first kappa shape index (κ1) is 11.5. The summed E-state index contributed by atoms with van der Waals surface area (Å²) in [5, 5.41) is 0. The van der Waals surface area contributed by atoms with E-state index in [1.54, 1.807) is 0 Å². The molecule has 0 aromatic carbocycles. The van der Waals surface area contributed by atoms with Crippen molar-refractivity contribution in [2.45, 2.75) is 60.3 Å². The maximum absolute atomic E-state index is 2.51. The molecule has 5 atom stereocenters. The zero-order chi connectivity index (χ0) is 11.2. The van der Waals surface area contributed by atoms with E-state index < -0.39 is 0 Å². The van der Waals surface area contributed by atoms with Crippen molar-refractivity contribution in [3.05, 3.63) is 0 Å². The van der Waals surface area contributed by atoms with Crippen molar-refractivity contribution >= 4 is 0 Å². The molecule has 15 heavy (non-hydrogen) atoms. The van der Waals surface area contributed by atoms with Gasteiger partial charge in [-0.2, -0.15) is 0 Å². The SMILES string of the molecule is CC1CC(C)C2CC(C)(C)CC2CC1C. The van der Waals surface area contributed by atoms with Gasteiger partial charge in [0.25, 0.3) is 0 Å². The molecular weight excluding hydrogens is 180 g/mol. The second-order valence-corrected chi connectivity index (χ2v) is 7.40. The monoisotopic (exact) mass is 208 g/mol. The van der Waals surface area contributed by atoms with Gasteiger partial charge in [-0.3, -0.25) is 0 Å². The molecule has 0 nitrogen and oxygen atoms in total. The zero-order valence-electron chi connectivity index (χ0n) is 11.2. The highest BCUT2D eigenvalue weighted by atomic mass is 14.5. The van der Waals surface area contributed by atoms with Gasteiger partial charge < -0.3 is 0 Å². The lowest BCUT2D eigenvalue weighted by Gasteiger charge is -2.24. The molecule has 0 aromatic rings. The standard InChI is InChI=1S/C15H28/c1-10-6-12(3)14-9-15(4,5)8-13(14)7-11(10)2/h10-14H,6-9H2,1-5H3. The van der Waals surface area contributed by atoms with Gasteiger partial charge in [0.2, 0.25) is 0 Å². The highest BCUT2D eigenvalue weighted by molar-refractivity contribution is 4.94. The van der Waals surface area contributed by atoms with E-state index in [1.165, 1.54) is 25.7 Å². The van der Waals surface area contributed by atoms with Crippen molar-refractivity contribution in [3.63, 3.8) is 0 Å². The van der Waals surface area contributed by atoms with Crippen LogP contribution in [0.2, 0.25) is 0 Å². The van der Waals surface area contributed by atoms with Crippen molar-refractivity contribution in [3.8, 4) is 0 Å². The lowest BCUT2D eigenvalue weighted by atomic mass is 9.82. The Kier molecular flexibility index (Phi) is 2.90. The van der Waals surface area contributed by atoms with Crippen LogP contribution in [0.3, 0.4) is 0 Å². The maximum atomic E-state index is 2.51. The number of hydrogen-bond acceptors (Lipinski definition) is 0. The molecule has 2 aliphatic carbocycles. The molecule has 0 aliphatic heterocycles. The molecule has 5 unspecified atom stereocenters. The van der Waals surface area contributed by atoms with Crippen LogP contribution in [0.25, 0.3) is 0 Å². The van der Waals surface area contributed by atoms with Gasteiger partial charge in [-0.05, 0) is 60.7 Å². The first-order valence-electron chi connectivity index (χ1n) is 6.89. The lowest BCUT2D eigenvalue weighted by molar-refractivity contribution is 0.264. The Morgan fingerprint density at radius 1 is 0.800 bits per heavy atom. The summed E-state index contributed by atoms with van der Waals surface area (Å²) in [6.07, 6.45) is 5.94. The van der Waals surface area contributed by atoms with Crippen LogP contribution in [0.4, 0.5) is 0 Å². The first-order chi connectivity index (χ1) is 6.89. The summed E-state index contributed by atoms with van der Waals surface area (Å²) < 4.78 is 0. The van der Waals surface area contributed by atoms with Crippen molar-refractivity contribution in [1.29, 1.82) is 0 Å². The quantitative estimate of drug-likeness (QED) is 0.539. The smallest absolute Gasteiger partial charge is 0.0349 e. The largest absolute Gasteiger partial charge is 0.0622 e. The normalized spacial score (nSPS) is 49.8. The van der Waals surface area contributed by atoms with E-state index in [0.29, 0.717) is 5.41 Å². The van der Waals surface area contributed by atoms with Gasteiger partial charge in [0.15, 0.2) is 0 Å². The molecule has 0 spiro atoms. The first-order valence-corrected chi connectivity index (χ1v) is 6.89. The molecule has 0 aromatic heterocycles. The Hall–Kier alpha value is 0. The summed E-state index contributed by atoms with van der Waals surface area (Å²) >= 11 is 0. The van der Waals surface area contributed by atoms with Crippen LogP contribution in [0.15, 0.2) is 0 Å². The number of fused-ring (bicyclic) bond motifs is 1. The molecule has 88 valence electrons. The lowest BCUT2D eigenvalue weighted by Crippen LogP contribution is -2.15. The summed E-state index contributed by atoms with van der Waals surface area (Å²) in [6, 6.07) is 0. The van der Waals surface area contributed by atoms with E-state index in [1.807, 2.05) is 0 Å². The van der Waals surface area contributed by atoms with Gasteiger partial charge >= 0.3 is 0 Å². The third-order valence-electron chi connectivity index (χ3n) is 5.33. The molecule has 0 heteroatoms. The molecule has 0 heterocycles. The molecular formula is C15H28. The Labute approximate surface area is 95.8 Å². The van der Waals surface area contributed by atoms with Crippen molar-refractivity contribution in [2.75, 3.05) is 0 Å². The summed E-state index contributed by atoms with van der Waals surface area (Å²) in [6.45, 7) is 12.4. The van der Waals surface area contributed by atoms with Crippen LogP contribution >= 0.6 is 0 Å². The predicted molar refractivity (Wildman–Crippen MR) is 66.7 cm³/mol. The van der Waals surface area contributed by atoms with E-state index in [-0.39, 0.29) is 0 Å². The molecule has 0 bridgehead atoms. The fraction of sp³-hybridized carbons (Fsp3) is 1.00. The van der Waals surface area contributed by atoms with Gasteiger partial charge in [-0.15, -0.1) is 0 Å². The third kappa shape index (κ3) is 2.24. The van der Waals surface area contributed by atoms with Crippen LogP contribution in [0.1, 0.15) is 60.3 Å². The minimum Gasteiger partial charge on any atom is -0.0622 e. The molecule has 0 radical (unpaired) electrons. The Morgan fingerprint density at radius 3 is 2.07 bits per heavy atom. The summed E-state index contributed by atoms with van der Waals surface area (Å²) in [5.74, 6) is 4.95. The number of rotatable bonds is 0. The van der Waals surface area contributed by atoms with Crippen molar-refractivity contribution in [1.82, 2.24) is 0 Å². The summed E-state index contributed by atoms with van der Waals surface area (Å²) in [7, 11) is 0. The van der Waals surface area contributed by atoms with Crippen LogP contribution < -0.4 is 0 Å². The zero-order valence-corrected chi connectivity index (χ0v) is 11.2. The Bertz CT molecular complexity index is 228. The summed E-state index contributed by atoms with van der Waals surface area (Å²) in [4.78, 5) is 0. The number of hydrogen-bond donors (Lipinski definition) is 0. The molecule has 0 saturated heterocycles. The Morgan fingerprint density at radius 2 is 1.40 bits per heavy atom. The fourth-order valence-electron chi connectivity index (χ4n) is 4.38. The molecule has 0 N–H and O–H groups in total. The van der Waals surface area contributed by atoms with E-state index in [9.17, 15) is 0 Å². The maximum Gasteiger partial charge on any atom is -0.0349 e. The molecule has 2 saturated carbocycles. The fourth-order valence-corrected chi connectivity index (χ4v) is 4.38. The second-order valence-electron chi connectivity index (χ2n) is 7.40. The van der Waals surface area contributed by atoms with E-state index in [4.69, 9.17) is 0 Å². The third-order valence-corrected chi connectivity index (χ3v) is 5.33.